The summed E-state index contributed by atoms with van der Waals surface area (Å²) < 4.78 is 12.4. The van der Waals surface area contributed by atoms with Gasteiger partial charge in [0.15, 0.2) is 0 Å². The molecule has 6 heteroatoms. The third kappa shape index (κ3) is 2.22. The van der Waals surface area contributed by atoms with Gasteiger partial charge in [0.2, 0.25) is 5.91 Å². The maximum Gasteiger partial charge on any atom is 0.226 e. The summed E-state index contributed by atoms with van der Waals surface area (Å²) in [4.78, 5) is 12.0. The van der Waals surface area contributed by atoms with Crippen LogP contribution < -0.4 is 14.8 Å². The van der Waals surface area contributed by atoms with Crippen LogP contribution in [0.3, 0.4) is 0 Å². The van der Waals surface area contributed by atoms with Crippen LogP contribution in [-0.4, -0.2) is 29.9 Å². The Morgan fingerprint density at radius 3 is 2.81 bits per heavy atom. The molecule has 0 unspecified atom stereocenters. The second-order valence-corrected chi connectivity index (χ2v) is 4.98. The molecule has 110 valence electrons. The van der Waals surface area contributed by atoms with Gasteiger partial charge in [-0.1, -0.05) is 0 Å². The molecule has 1 aliphatic rings. The van der Waals surface area contributed by atoms with Crippen LogP contribution in [0, 0.1) is 0 Å². The summed E-state index contributed by atoms with van der Waals surface area (Å²) in [5.41, 5.74) is 1.92. The van der Waals surface area contributed by atoms with Gasteiger partial charge in [-0.25, -0.2) is 0 Å². The zero-order chi connectivity index (χ0) is 15.0. The largest absolute Gasteiger partial charge is 0.497 e. The van der Waals surface area contributed by atoms with E-state index in [0.29, 0.717) is 6.42 Å². The Hall–Kier alpha value is -2.50. The average Bonchev–Trinajstić information content (AvgIpc) is 2.87. The minimum absolute atomic E-state index is 0.0269. The molecular formula is C15H17N3O3. The Bertz CT molecular complexity index is 693. The fraction of sp³-hybridized carbons (Fsp3) is 0.333. The normalized spacial score (nSPS) is 17.1. The van der Waals surface area contributed by atoms with Gasteiger partial charge in [-0.15, -0.1) is 0 Å². The highest BCUT2D eigenvalue weighted by Crippen LogP contribution is 2.41. The lowest BCUT2D eigenvalue weighted by Crippen LogP contribution is -2.24. The number of hydrogen-bond acceptors (Lipinski definition) is 4. The van der Waals surface area contributed by atoms with Gasteiger partial charge in [-0.3, -0.25) is 9.48 Å². The van der Waals surface area contributed by atoms with Crippen LogP contribution >= 0.6 is 0 Å². The van der Waals surface area contributed by atoms with Crippen molar-refractivity contribution in [2.75, 3.05) is 19.5 Å². The van der Waals surface area contributed by atoms with Gasteiger partial charge in [0.1, 0.15) is 17.3 Å². The molecule has 0 bridgehead atoms. The second kappa shape index (κ2) is 5.12. The monoisotopic (exact) mass is 287 g/mol. The zero-order valence-electron chi connectivity index (χ0n) is 12.2. The van der Waals surface area contributed by atoms with Gasteiger partial charge in [0.25, 0.3) is 0 Å². The first kappa shape index (κ1) is 13.5. The minimum Gasteiger partial charge on any atom is -0.497 e. The highest BCUT2D eigenvalue weighted by Gasteiger charge is 2.31. The maximum absolute atomic E-state index is 12.0. The van der Waals surface area contributed by atoms with Gasteiger partial charge in [0.05, 0.1) is 20.4 Å². The van der Waals surface area contributed by atoms with E-state index in [4.69, 9.17) is 9.47 Å². The van der Waals surface area contributed by atoms with Crippen molar-refractivity contribution < 1.29 is 14.3 Å². The van der Waals surface area contributed by atoms with E-state index in [2.05, 4.69) is 10.4 Å². The first-order valence-electron chi connectivity index (χ1n) is 6.67. The first-order valence-corrected chi connectivity index (χ1v) is 6.67. The molecule has 6 nitrogen and oxygen atoms in total. The fourth-order valence-electron chi connectivity index (χ4n) is 2.73. The average molecular weight is 287 g/mol. The summed E-state index contributed by atoms with van der Waals surface area (Å²) in [6, 6.07) is 5.62. The van der Waals surface area contributed by atoms with Crippen LogP contribution in [0.25, 0.3) is 0 Å². The van der Waals surface area contributed by atoms with Crippen LogP contribution in [0.5, 0.6) is 11.5 Å². The van der Waals surface area contributed by atoms with Crippen molar-refractivity contribution in [1.82, 2.24) is 9.78 Å². The number of methoxy groups -OCH3 is 2. The van der Waals surface area contributed by atoms with Crippen molar-refractivity contribution in [3.63, 3.8) is 0 Å². The minimum atomic E-state index is -0.0903. The predicted molar refractivity (Wildman–Crippen MR) is 77.8 cm³/mol. The highest BCUT2D eigenvalue weighted by atomic mass is 16.5. The quantitative estimate of drug-likeness (QED) is 0.936. The molecule has 0 aliphatic carbocycles. The Labute approximate surface area is 122 Å². The van der Waals surface area contributed by atoms with Crippen molar-refractivity contribution in [1.29, 1.82) is 0 Å². The number of amides is 1. The molecule has 21 heavy (non-hydrogen) atoms. The molecule has 1 aromatic heterocycles. The lowest BCUT2D eigenvalue weighted by molar-refractivity contribution is -0.116. The number of aryl methyl sites for hydroxylation is 1. The number of carbonyl (C=O) groups is 1. The molecule has 0 saturated carbocycles. The van der Waals surface area contributed by atoms with Crippen molar-refractivity contribution in [3.05, 3.63) is 35.5 Å². The van der Waals surface area contributed by atoms with Gasteiger partial charge in [-0.05, 0) is 18.2 Å². The molecule has 2 aromatic rings. The van der Waals surface area contributed by atoms with Crippen LogP contribution in [0.4, 0.5) is 5.82 Å². The number of benzene rings is 1. The van der Waals surface area contributed by atoms with Crippen molar-refractivity contribution in [2.45, 2.75) is 12.3 Å². The van der Waals surface area contributed by atoms with E-state index in [1.54, 1.807) is 25.1 Å². The number of nitrogens with one attached hydrogen (secondary N) is 1. The number of hydrogen-bond donors (Lipinski definition) is 1. The van der Waals surface area contributed by atoms with Crippen molar-refractivity contribution >= 4 is 11.7 Å². The lowest BCUT2D eigenvalue weighted by atomic mass is 9.86. The van der Waals surface area contributed by atoms with Crippen LogP contribution in [0.2, 0.25) is 0 Å². The molecule has 0 spiro atoms. The Balaban J connectivity index is 2.14. The van der Waals surface area contributed by atoms with E-state index in [1.165, 1.54) is 0 Å². The summed E-state index contributed by atoms with van der Waals surface area (Å²) in [6.45, 7) is 0. The molecule has 0 saturated heterocycles. The second-order valence-electron chi connectivity index (χ2n) is 4.98. The van der Waals surface area contributed by atoms with Gasteiger partial charge in [0, 0.05) is 30.5 Å². The molecule has 1 aromatic carbocycles. The highest BCUT2D eigenvalue weighted by molar-refractivity contribution is 5.94. The van der Waals surface area contributed by atoms with E-state index in [1.807, 2.05) is 25.2 Å². The van der Waals surface area contributed by atoms with Gasteiger partial charge in [-0.2, -0.15) is 5.10 Å². The Morgan fingerprint density at radius 1 is 1.29 bits per heavy atom. The number of anilines is 1. The van der Waals surface area contributed by atoms with E-state index in [0.717, 1.165) is 28.4 Å². The first-order chi connectivity index (χ1) is 10.1. The van der Waals surface area contributed by atoms with Crippen LogP contribution in [0.1, 0.15) is 23.5 Å². The van der Waals surface area contributed by atoms with Crippen molar-refractivity contribution in [3.8, 4) is 11.5 Å². The summed E-state index contributed by atoms with van der Waals surface area (Å²) in [5, 5.41) is 7.10. The van der Waals surface area contributed by atoms with Crippen LogP contribution in [-0.2, 0) is 11.8 Å². The summed E-state index contributed by atoms with van der Waals surface area (Å²) in [6.07, 6.45) is 2.15. The number of carbonyl (C=O) groups excluding carboxylic acids is 1. The molecule has 1 aliphatic heterocycles. The summed E-state index contributed by atoms with van der Waals surface area (Å²) in [7, 11) is 5.05. The SMILES string of the molecule is COc1ccc(OC)c([C@@H]2CC(=O)Nc3c2cnn3C)c1. The summed E-state index contributed by atoms with van der Waals surface area (Å²) in [5.74, 6) is 2.10. The topological polar surface area (TPSA) is 65.4 Å². The maximum atomic E-state index is 12.0. The van der Waals surface area contributed by atoms with Gasteiger partial charge >= 0.3 is 0 Å². The molecule has 1 atom stereocenters. The van der Waals surface area contributed by atoms with E-state index in [9.17, 15) is 4.79 Å². The standard InChI is InChI=1S/C15H17N3O3/c1-18-15-12(8-16-18)10(7-14(19)17-15)11-6-9(20-2)4-5-13(11)21-3/h4-6,8,10H,7H2,1-3H3,(H,17,19)/t10-/m0/s1. The van der Waals surface area contributed by atoms with Gasteiger partial charge < -0.3 is 14.8 Å². The molecule has 3 rings (SSSR count). The number of aromatic nitrogens is 2. The third-order valence-corrected chi connectivity index (χ3v) is 3.80. The zero-order valence-corrected chi connectivity index (χ0v) is 12.2. The number of rotatable bonds is 3. The third-order valence-electron chi connectivity index (χ3n) is 3.80. The van der Waals surface area contributed by atoms with E-state index < -0.39 is 0 Å². The molecule has 1 amide bonds. The Morgan fingerprint density at radius 2 is 2.10 bits per heavy atom. The number of ether oxygens (including phenoxy) is 2. The molecule has 0 radical (unpaired) electrons. The molecule has 0 fully saturated rings. The molecular weight excluding hydrogens is 270 g/mol. The van der Waals surface area contributed by atoms with Crippen LogP contribution in [0.15, 0.2) is 24.4 Å². The van der Waals surface area contributed by atoms with E-state index >= 15 is 0 Å². The molecule has 2 heterocycles. The lowest BCUT2D eigenvalue weighted by Gasteiger charge is -2.25. The fourth-order valence-corrected chi connectivity index (χ4v) is 2.73. The predicted octanol–water partition coefficient (Wildman–Crippen LogP) is 1.91. The number of nitrogens with zero attached hydrogens (tertiary/aromatic N) is 2. The molecule has 1 N–H and O–H groups in total. The summed E-state index contributed by atoms with van der Waals surface area (Å²) >= 11 is 0. The smallest absolute Gasteiger partial charge is 0.226 e. The number of fused-ring (bicyclic) bond motifs is 1. The van der Waals surface area contributed by atoms with Crippen molar-refractivity contribution in [2.24, 2.45) is 7.05 Å². The Kier molecular flexibility index (Phi) is 3.29. The van der Waals surface area contributed by atoms with E-state index in [-0.39, 0.29) is 11.8 Å².